The molecule has 1 aliphatic rings. The lowest BCUT2D eigenvalue weighted by Crippen LogP contribution is -2.35. The monoisotopic (exact) mass is 311 g/mol. The van der Waals surface area contributed by atoms with Crippen LogP contribution < -0.4 is 16.2 Å². The van der Waals surface area contributed by atoms with Gasteiger partial charge in [0.05, 0.1) is 5.69 Å². The molecule has 6 nitrogen and oxygen atoms in total. The van der Waals surface area contributed by atoms with Crippen LogP contribution in [0.4, 0.5) is 5.69 Å². The first-order valence-corrected chi connectivity index (χ1v) is 8.53. The zero-order valence-corrected chi connectivity index (χ0v) is 12.8. The molecular weight excluding hydrogens is 290 g/mol. The van der Waals surface area contributed by atoms with Gasteiger partial charge in [-0.1, -0.05) is 19.8 Å². The number of carbonyl (C=O) groups is 1. The average Bonchev–Trinajstić information content (AvgIpc) is 3.21. The van der Waals surface area contributed by atoms with Gasteiger partial charge in [-0.25, -0.2) is 13.1 Å². The van der Waals surface area contributed by atoms with Crippen LogP contribution in [0.2, 0.25) is 0 Å². The maximum absolute atomic E-state index is 12.4. The molecule has 0 aliphatic heterocycles. The Morgan fingerprint density at radius 2 is 2.10 bits per heavy atom. The molecule has 0 spiro atoms. The number of benzene rings is 1. The Labute approximate surface area is 124 Å². The lowest BCUT2D eigenvalue weighted by molar-refractivity contribution is 0.1000. The number of hydrogen-bond acceptors (Lipinski definition) is 4. The van der Waals surface area contributed by atoms with Gasteiger partial charge in [0.15, 0.2) is 0 Å². The molecule has 0 heterocycles. The Morgan fingerprint density at radius 3 is 2.57 bits per heavy atom. The summed E-state index contributed by atoms with van der Waals surface area (Å²) in [5.41, 5.74) is 11.1. The van der Waals surface area contributed by atoms with E-state index in [0.29, 0.717) is 5.92 Å². The van der Waals surface area contributed by atoms with Gasteiger partial charge in [0.2, 0.25) is 15.9 Å². The van der Waals surface area contributed by atoms with Crippen LogP contribution in [0.1, 0.15) is 43.0 Å². The second-order valence-corrected chi connectivity index (χ2v) is 7.20. The fraction of sp³-hybridized carbons (Fsp3) is 0.500. The van der Waals surface area contributed by atoms with Gasteiger partial charge < -0.3 is 11.5 Å². The highest BCUT2D eigenvalue weighted by Crippen LogP contribution is 2.34. The van der Waals surface area contributed by atoms with Crippen molar-refractivity contribution in [3.05, 3.63) is 23.8 Å². The molecule has 2 rings (SSSR count). The van der Waals surface area contributed by atoms with E-state index in [-0.39, 0.29) is 22.2 Å². The van der Waals surface area contributed by atoms with Gasteiger partial charge in [0.1, 0.15) is 4.90 Å². The third kappa shape index (κ3) is 3.95. The van der Waals surface area contributed by atoms with Crippen molar-refractivity contribution in [2.24, 2.45) is 11.7 Å². The predicted molar refractivity (Wildman–Crippen MR) is 81.1 cm³/mol. The number of nitrogens with two attached hydrogens (primary N) is 2. The summed E-state index contributed by atoms with van der Waals surface area (Å²) in [6.07, 6.45) is 3.94. The van der Waals surface area contributed by atoms with Crippen LogP contribution in [0, 0.1) is 5.92 Å². The van der Waals surface area contributed by atoms with Crippen molar-refractivity contribution in [1.29, 1.82) is 0 Å². The van der Waals surface area contributed by atoms with Crippen molar-refractivity contribution in [3.8, 4) is 0 Å². The van der Waals surface area contributed by atoms with Crippen LogP contribution >= 0.6 is 0 Å². The van der Waals surface area contributed by atoms with Crippen LogP contribution in [0.15, 0.2) is 23.1 Å². The van der Waals surface area contributed by atoms with E-state index in [2.05, 4.69) is 4.72 Å². The van der Waals surface area contributed by atoms with Crippen molar-refractivity contribution in [2.45, 2.75) is 43.5 Å². The lowest BCUT2D eigenvalue weighted by Gasteiger charge is -2.17. The van der Waals surface area contributed by atoms with Crippen molar-refractivity contribution in [2.75, 3.05) is 5.73 Å². The summed E-state index contributed by atoms with van der Waals surface area (Å²) in [4.78, 5) is 11.1. The molecular formula is C14H21N3O3S. The van der Waals surface area contributed by atoms with E-state index in [1.807, 2.05) is 6.92 Å². The number of nitrogen functional groups attached to an aromatic ring is 1. The average molecular weight is 311 g/mol. The van der Waals surface area contributed by atoms with E-state index in [1.165, 1.54) is 31.0 Å². The highest BCUT2D eigenvalue weighted by atomic mass is 32.2. The summed E-state index contributed by atoms with van der Waals surface area (Å²) in [5, 5.41) is 0. The molecule has 1 amide bonds. The number of rotatable bonds is 7. The molecule has 1 saturated carbocycles. The highest BCUT2D eigenvalue weighted by Gasteiger charge is 2.28. The Hall–Kier alpha value is -1.60. The second kappa shape index (κ2) is 6.03. The minimum absolute atomic E-state index is 0.0123. The van der Waals surface area contributed by atoms with Gasteiger partial charge in [0.25, 0.3) is 0 Å². The Bertz CT molecular complexity index is 639. The van der Waals surface area contributed by atoms with Crippen LogP contribution in [-0.4, -0.2) is 20.4 Å². The Balaban J connectivity index is 2.19. The fourth-order valence-corrected chi connectivity index (χ4v) is 3.73. The maximum Gasteiger partial charge on any atom is 0.248 e. The van der Waals surface area contributed by atoms with Gasteiger partial charge in [0, 0.05) is 11.6 Å². The summed E-state index contributed by atoms with van der Waals surface area (Å²) in [7, 11) is -3.69. The number of carbonyl (C=O) groups excluding carboxylic acids is 1. The zero-order valence-electron chi connectivity index (χ0n) is 12.0. The van der Waals surface area contributed by atoms with E-state index >= 15 is 0 Å². The number of amides is 1. The molecule has 116 valence electrons. The maximum atomic E-state index is 12.4. The summed E-state index contributed by atoms with van der Waals surface area (Å²) >= 11 is 0. The van der Waals surface area contributed by atoms with Crippen LogP contribution in [0.25, 0.3) is 0 Å². The Morgan fingerprint density at radius 1 is 1.43 bits per heavy atom. The van der Waals surface area contributed by atoms with Crippen molar-refractivity contribution in [1.82, 2.24) is 4.72 Å². The molecule has 0 saturated heterocycles. The number of anilines is 1. The van der Waals surface area contributed by atoms with Crippen LogP contribution in [-0.2, 0) is 10.0 Å². The molecule has 1 aromatic carbocycles. The smallest absolute Gasteiger partial charge is 0.248 e. The van der Waals surface area contributed by atoms with Gasteiger partial charge in [-0.15, -0.1) is 0 Å². The quantitative estimate of drug-likeness (QED) is 0.657. The van der Waals surface area contributed by atoms with E-state index in [4.69, 9.17) is 11.5 Å². The van der Waals surface area contributed by atoms with Crippen LogP contribution in [0.3, 0.4) is 0 Å². The lowest BCUT2D eigenvalue weighted by atomic mass is 10.1. The van der Waals surface area contributed by atoms with Gasteiger partial charge in [-0.3, -0.25) is 4.79 Å². The molecule has 0 bridgehead atoms. The normalized spacial score (nSPS) is 16.6. The van der Waals surface area contributed by atoms with Gasteiger partial charge in [-0.05, 0) is 37.0 Å². The molecule has 1 aliphatic carbocycles. The summed E-state index contributed by atoms with van der Waals surface area (Å²) < 4.78 is 27.5. The first-order chi connectivity index (χ1) is 9.83. The zero-order chi connectivity index (χ0) is 15.6. The molecule has 21 heavy (non-hydrogen) atoms. The van der Waals surface area contributed by atoms with Crippen LogP contribution in [0.5, 0.6) is 0 Å². The standard InChI is InChI=1S/C14H21N3O3S/c1-2-11(7-9-3-4-9)17-21(19,20)13-6-5-10(14(16)18)8-12(13)15/h5-6,8-9,11,17H,2-4,7,15H2,1H3,(H2,16,18). The molecule has 5 N–H and O–H groups in total. The third-order valence-electron chi connectivity index (χ3n) is 3.71. The molecule has 7 heteroatoms. The van der Waals surface area contributed by atoms with Crippen molar-refractivity contribution >= 4 is 21.6 Å². The SMILES string of the molecule is CCC(CC1CC1)NS(=O)(=O)c1ccc(C(N)=O)cc1N. The minimum atomic E-state index is -3.69. The number of primary amides is 1. The molecule has 1 unspecified atom stereocenters. The Kier molecular flexibility index (Phi) is 4.53. The number of nitrogens with one attached hydrogen (secondary N) is 1. The third-order valence-corrected chi connectivity index (χ3v) is 5.31. The van der Waals surface area contributed by atoms with E-state index in [0.717, 1.165) is 12.8 Å². The molecule has 0 aromatic heterocycles. The van der Waals surface area contributed by atoms with Gasteiger partial charge >= 0.3 is 0 Å². The van der Waals surface area contributed by atoms with E-state index < -0.39 is 15.9 Å². The predicted octanol–water partition coefficient (Wildman–Crippen LogP) is 1.22. The second-order valence-electron chi connectivity index (χ2n) is 5.52. The molecule has 1 atom stereocenters. The summed E-state index contributed by atoms with van der Waals surface area (Å²) in [6, 6.07) is 3.90. The molecule has 1 aromatic rings. The minimum Gasteiger partial charge on any atom is -0.398 e. The molecule has 1 fully saturated rings. The molecule has 0 radical (unpaired) electrons. The summed E-state index contributed by atoms with van der Waals surface area (Å²) in [5.74, 6) is -0.00832. The summed E-state index contributed by atoms with van der Waals surface area (Å²) in [6.45, 7) is 1.95. The van der Waals surface area contributed by atoms with Gasteiger partial charge in [-0.2, -0.15) is 0 Å². The largest absolute Gasteiger partial charge is 0.398 e. The first kappa shape index (κ1) is 15.8. The fourth-order valence-electron chi connectivity index (χ4n) is 2.28. The van der Waals surface area contributed by atoms with E-state index in [9.17, 15) is 13.2 Å². The van der Waals surface area contributed by atoms with E-state index in [1.54, 1.807) is 0 Å². The number of sulfonamides is 1. The van der Waals surface area contributed by atoms with Crippen molar-refractivity contribution < 1.29 is 13.2 Å². The highest BCUT2D eigenvalue weighted by molar-refractivity contribution is 7.89. The number of hydrogen-bond donors (Lipinski definition) is 3. The van der Waals surface area contributed by atoms with Crippen molar-refractivity contribution in [3.63, 3.8) is 0 Å². The topological polar surface area (TPSA) is 115 Å². The first-order valence-electron chi connectivity index (χ1n) is 7.05.